The number of likely N-dealkylation sites (tertiary alicyclic amines) is 2. The zero-order valence-electron chi connectivity index (χ0n) is 17.2. The van der Waals surface area contributed by atoms with Crippen LogP contribution in [0.25, 0.3) is 0 Å². The van der Waals surface area contributed by atoms with Crippen molar-refractivity contribution in [3.05, 3.63) is 28.8 Å². The number of benzene rings is 1. The molecule has 3 rings (SSSR count). The Balaban J connectivity index is 1.44. The zero-order valence-corrected chi connectivity index (χ0v) is 18.0. The smallest absolute Gasteiger partial charge is 0.222 e. The second-order valence-electron chi connectivity index (χ2n) is 8.61. The number of carbonyl (C=O) groups is 1. The minimum Gasteiger partial charge on any atom is -0.506 e. The third-order valence-electron chi connectivity index (χ3n) is 6.42. The van der Waals surface area contributed by atoms with Gasteiger partial charge in [0.2, 0.25) is 5.91 Å². The number of hydrogen-bond donors (Lipinski definition) is 1. The van der Waals surface area contributed by atoms with Crippen molar-refractivity contribution in [1.29, 1.82) is 0 Å². The van der Waals surface area contributed by atoms with Crippen LogP contribution in [0.2, 0.25) is 5.02 Å². The van der Waals surface area contributed by atoms with Gasteiger partial charge in [-0.15, -0.1) is 0 Å². The van der Waals surface area contributed by atoms with E-state index in [-0.39, 0.29) is 5.75 Å². The molecule has 0 radical (unpaired) electrons. The van der Waals surface area contributed by atoms with E-state index in [2.05, 4.69) is 16.8 Å². The third-order valence-corrected chi connectivity index (χ3v) is 6.72. The molecule has 1 amide bonds. The summed E-state index contributed by atoms with van der Waals surface area (Å²) in [5.41, 5.74) is 1.13. The van der Waals surface area contributed by atoms with Crippen LogP contribution in [0.3, 0.4) is 0 Å². The molecule has 2 heterocycles. The molecule has 0 bridgehead atoms. The van der Waals surface area contributed by atoms with Gasteiger partial charge in [-0.3, -0.25) is 9.69 Å². The molecular weight excluding hydrogens is 374 g/mol. The fourth-order valence-corrected chi connectivity index (χ4v) is 4.73. The Kier molecular flexibility index (Phi) is 7.61. The highest BCUT2D eigenvalue weighted by Crippen LogP contribution is 2.27. The molecule has 1 aromatic rings. The Bertz CT molecular complexity index is 661. The number of nitrogens with zero attached hydrogens (tertiary/aromatic N) is 3. The highest BCUT2D eigenvalue weighted by atomic mass is 35.5. The van der Waals surface area contributed by atoms with Gasteiger partial charge in [0.05, 0.1) is 5.02 Å². The normalized spacial score (nSPS) is 22.3. The predicted octanol–water partition coefficient (Wildman–Crippen LogP) is 3.59. The van der Waals surface area contributed by atoms with Gasteiger partial charge in [0.15, 0.2) is 0 Å². The lowest BCUT2D eigenvalue weighted by atomic mass is 9.92. The van der Waals surface area contributed by atoms with Crippen LogP contribution in [-0.2, 0) is 11.3 Å². The first-order valence-electron chi connectivity index (χ1n) is 10.6. The molecule has 0 spiro atoms. The predicted molar refractivity (Wildman–Crippen MR) is 114 cm³/mol. The van der Waals surface area contributed by atoms with Crippen molar-refractivity contribution in [2.24, 2.45) is 5.92 Å². The molecule has 156 valence electrons. The van der Waals surface area contributed by atoms with E-state index in [1.165, 1.54) is 12.8 Å². The summed E-state index contributed by atoms with van der Waals surface area (Å²) in [4.78, 5) is 19.5. The first kappa shape index (κ1) is 21.4. The number of carbonyl (C=O) groups excluding carboxylic acids is 1. The Morgan fingerprint density at radius 1 is 1.25 bits per heavy atom. The third kappa shape index (κ3) is 5.85. The maximum absolute atomic E-state index is 12.7. The van der Waals surface area contributed by atoms with Crippen LogP contribution in [0.4, 0.5) is 0 Å². The number of amides is 1. The summed E-state index contributed by atoms with van der Waals surface area (Å²) in [7, 11) is 4.14. The van der Waals surface area contributed by atoms with Crippen LogP contribution < -0.4 is 0 Å². The molecule has 1 N–H and O–H groups in total. The molecule has 1 atom stereocenters. The molecule has 0 aliphatic carbocycles. The van der Waals surface area contributed by atoms with Crippen molar-refractivity contribution in [1.82, 2.24) is 14.7 Å². The summed E-state index contributed by atoms with van der Waals surface area (Å²) in [6, 6.07) is 5.85. The lowest BCUT2D eigenvalue weighted by Crippen LogP contribution is -2.44. The van der Waals surface area contributed by atoms with Gasteiger partial charge >= 0.3 is 0 Å². The number of piperidine rings is 2. The lowest BCUT2D eigenvalue weighted by Gasteiger charge is -2.36. The number of halogens is 1. The van der Waals surface area contributed by atoms with Gasteiger partial charge in [0, 0.05) is 32.6 Å². The second-order valence-corrected chi connectivity index (χ2v) is 9.01. The van der Waals surface area contributed by atoms with Crippen molar-refractivity contribution >= 4 is 17.5 Å². The van der Waals surface area contributed by atoms with E-state index in [1.807, 2.05) is 24.1 Å². The lowest BCUT2D eigenvalue weighted by molar-refractivity contribution is -0.133. The highest BCUT2D eigenvalue weighted by molar-refractivity contribution is 6.32. The molecule has 6 heteroatoms. The average molecular weight is 408 g/mol. The van der Waals surface area contributed by atoms with Gasteiger partial charge < -0.3 is 14.9 Å². The summed E-state index contributed by atoms with van der Waals surface area (Å²) in [6.45, 7) is 5.13. The largest absolute Gasteiger partial charge is 0.506 e. The molecule has 2 fully saturated rings. The molecular formula is C22H34ClN3O2. The Labute approximate surface area is 174 Å². The maximum Gasteiger partial charge on any atom is 0.222 e. The average Bonchev–Trinajstić information content (AvgIpc) is 2.69. The first-order chi connectivity index (χ1) is 13.4. The summed E-state index contributed by atoms with van der Waals surface area (Å²) < 4.78 is 0. The van der Waals surface area contributed by atoms with Crippen LogP contribution in [0, 0.1) is 5.92 Å². The Morgan fingerprint density at radius 3 is 2.71 bits per heavy atom. The van der Waals surface area contributed by atoms with Crippen molar-refractivity contribution in [2.45, 2.75) is 51.1 Å². The van der Waals surface area contributed by atoms with E-state index in [4.69, 9.17) is 11.6 Å². The van der Waals surface area contributed by atoms with Crippen molar-refractivity contribution in [3.63, 3.8) is 0 Å². The maximum atomic E-state index is 12.7. The zero-order chi connectivity index (χ0) is 20.1. The standard InChI is InChI=1S/C22H34ClN3O2/c1-24-12-9-19(10-13-24)25(2)22(28)8-6-17-4-3-11-26(15-17)16-18-5-7-21(27)20(23)14-18/h5,7,14,17,19,27H,3-4,6,8-13,15-16H2,1-2H3/t17-/m1/s1. The summed E-state index contributed by atoms with van der Waals surface area (Å²) >= 11 is 6.03. The molecule has 5 nitrogen and oxygen atoms in total. The summed E-state index contributed by atoms with van der Waals surface area (Å²) in [5.74, 6) is 1.02. The molecule has 28 heavy (non-hydrogen) atoms. The van der Waals surface area contributed by atoms with Crippen LogP contribution in [0.5, 0.6) is 5.75 Å². The van der Waals surface area contributed by atoms with Crippen molar-refractivity contribution < 1.29 is 9.90 Å². The van der Waals surface area contributed by atoms with Crippen LogP contribution in [0.15, 0.2) is 18.2 Å². The highest BCUT2D eigenvalue weighted by Gasteiger charge is 2.25. The quantitative estimate of drug-likeness (QED) is 0.782. The number of phenolic OH excluding ortho intramolecular Hbond substituents is 1. The second kappa shape index (κ2) is 9.95. The van der Waals surface area contributed by atoms with Crippen LogP contribution in [0.1, 0.15) is 44.1 Å². The topological polar surface area (TPSA) is 47.0 Å². The van der Waals surface area contributed by atoms with Gasteiger partial charge in [0.1, 0.15) is 5.75 Å². The van der Waals surface area contributed by atoms with E-state index in [0.29, 0.717) is 29.3 Å². The van der Waals surface area contributed by atoms with E-state index in [9.17, 15) is 9.90 Å². The molecule has 0 aromatic heterocycles. The van der Waals surface area contributed by atoms with Gasteiger partial charge in [-0.25, -0.2) is 0 Å². The van der Waals surface area contributed by atoms with Gasteiger partial charge in [-0.05, 0) is 82.4 Å². The number of hydrogen-bond acceptors (Lipinski definition) is 4. The molecule has 0 unspecified atom stereocenters. The van der Waals surface area contributed by atoms with E-state index >= 15 is 0 Å². The summed E-state index contributed by atoms with van der Waals surface area (Å²) in [6.07, 6.45) is 6.19. The fraction of sp³-hybridized carbons (Fsp3) is 0.682. The minimum atomic E-state index is 0.134. The van der Waals surface area contributed by atoms with Crippen LogP contribution in [-0.4, -0.2) is 72.0 Å². The van der Waals surface area contributed by atoms with E-state index in [0.717, 1.165) is 57.5 Å². The first-order valence-corrected chi connectivity index (χ1v) is 10.9. The number of aromatic hydroxyl groups is 1. The molecule has 2 aliphatic rings. The molecule has 2 saturated heterocycles. The van der Waals surface area contributed by atoms with Gasteiger partial charge in [0.25, 0.3) is 0 Å². The van der Waals surface area contributed by atoms with Gasteiger partial charge in [-0.2, -0.15) is 0 Å². The molecule has 0 saturated carbocycles. The monoisotopic (exact) mass is 407 g/mol. The number of rotatable bonds is 6. The SMILES string of the molecule is CN1CCC(N(C)C(=O)CC[C@H]2CCCN(Cc3ccc(O)c(Cl)c3)C2)CC1. The Hall–Kier alpha value is -1.30. The molecule has 1 aromatic carbocycles. The van der Waals surface area contributed by atoms with E-state index in [1.54, 1.807) is 6.07 Å². The van der Waals surface area contributed by atoms with Crippen molar-refractivity contribution in [2.75, 3.05) is 40.3 Å². The van der Waals surface area contributed by atoms with E-state index < -0.39 is 0 Å². The number of phenols is 1. The summed E-state index contributed by atoms with van der Waals surface area (Å²) in [5, 5.41) is 9.99. The fourth-order valence-electron chi connectivity index (χ4n) is 4.53. The minimum absolute atomic E-state index is 0.134. The Morgan fingerprint density at radius 2 is 2.00 bits per heavy atom. The molecule has 2 aliphatic heterocycles. The van der Waals surface area contributed by atoms with Crippen LogP contribution >= 0.6 is 11.6 Å². The van der Waals surface area contributed by atoms with Crippen molar-refractivity contribution in [3.8, 4) is 5.75 Å². The van der Waals surface area contributed by atoms with Gasteiger partial charge in [-0.1, -0.05) is 17.7 Å².